The molecule has 0 aliphatic heterocycles. The molecule has 0 radical (unpaired) electrons. The summed E-state index contributed by atoms with van der Waals surface area (Å²) in [6.07, 6.45) is 6.15. The van der Waals surface area contributed by atoms with Crippen LogP contribution in [-0.2, 0) is 6.54 Å². The quantitative estimate of drug-likeness (QED) is 0.726. The minimum atomic E-state index is 0.316. The van der Waals surface area contributed by atoms with Gasteiger partial charge in [0.15, 0.2) is 5.65 Å². The molecule has 120 valence electrons. The first-order chi connectivity index (χ1) is 11.6. The molecule has 0 spiro atoms. The summed E-state index contributed by atoms with van der Waals surface area (Å²) in [4.78, 5) is 0. The van der Waals surface area contributed by atoms with Crippen molar-refractivity contribution in [3.63, 3.8) is 0 Å². The summed E-state index contributed by atoms with van der Waals surface area (Å²) in [5.74, 6) is 1.63. The summed E-state index contributed by atoms with van der Waals surface area (Å²) in [5.41, 5.74) is 5.15. The van der Waals surface area contributed by atoms with E-state index in [0.29, 0.717) is 11.8 Å². The highest BCUT2D eigenvalue weighted by Crippen LogP contribution is 2.28. The Hall–Kier alpha value is -2.87. The molecule has 0 bridgehead atoms. The van der Waals surface area contributed by atoms with Gasteiger partial charge >= 0.3 is 0 Å². The molecular weight excluding hydrogens is 298 g/mol. The SMILES string of the molecule is Cc1cc2c(ccc3nnc(C)n32)n1CC1C=C(C#N)C=CC1C. The number of nitriles is 1. The van der Waals surface area contributed by atoms with Crippen molar-refractivity contribution in [1.82, 2.24) is 19.2 Å². The molecule has 1 aliphatic rings. The van der Waals surface area contributed by atoms with Crippen molar-refractivity contribution in [2.45, 2.75) is 27.3 Å². The molecular formula is C19H19N5. The van der Waals surface area contributed by atoms with Gasteiger partial charge in [-0.2, -0.15) is 5.26 Å². The van der Waals surface area contributed by atoms with Crippen molar-refractivity contribution < 1.29 is 0 Å². The summed E-state index contributed by atoms with van der Waals surface area (Å²) >= 11 is 0. The van der Waals surface area contributed by atoms with E-state index < -0.39 is 0 Å². The Morgan fingerprint density at radius 3 is 2.83 bits per heavy atom. The molecule has 0 saturated heterocycles. The zero-order valence-electron chi connectivity index (χ0n) is 14.1. The van der Waals surface area contributed by atoms with Gasteiger partial charge in [0.2, 0.25) is 0 Å². The molecule has 0 amide bonds. The normalized spacial score (nSPS) is 20.5. The predicted molar refractivity (Wildman–Crippen MR) is 93.4 cm³/mol. The molecule has 5 heteroatoms. The summed E-state index contributed by atoms with van der Waals surface area (Å²) < 4.78 is 4.43. The zero-order chi connectivity index (χ0) is 16.8. The average molecular weight is 317 g/mol. The van der Waals surface area contributed by atoms with Crippen LogP contribution in [0.15, 0.2) is 42.0 Å². The van der Waals surface area contributed by atoms with Gasteiger partial charge in [0, 0.05) is 23.7 Å². The molecule has 0 fully saturated rings. The van der Waals surface area contributed by atoms with Crippen molar-refractivity contribution in [3.05, 3.63) is 53.5 Å². The highest BCUT2D eigenvalue weighted by atomic mass is 15.2. The lowest BCUT2D eigenvalue weighted by Gasteiger charge is -2.23. The second kappa shape index (κ2) is 5.34. The molecule has 24 heavy (non-hydrogen) atoms. The van der Waals surface area contributed by atoms with E-state index in [1.54, 1.807) is 0 Å². The lowest BCUT2D eigenvalue weighted by Crippen LogP contribution is -2.18. The van der Waals surface area contributed by atoms with Crippen LogP contribution in [0.2, 0.25) is 0 Å². The molecule has 0 N–H and O–H groups in total. The second-order valence-electron chi connectivity index (χ2n) is 6.56. The Morgan fingerprint density at radius 2 is 2.04 bits per heavy atom. The number of rotatable bonds is 2. The van der Waals surface area contributed by atoms with Crippen LogP contribution in [0, 0.1) is 37.0 Å². The maximum Gasteiger partial charge on any atom is 0.161 e. The van der Waals surface area contributed by atoms with Crippen LogP contribution < -0.4 is 0 Å². The van der Waals surface area contributed by atoms with E-state index in [4.69, 9.17) is 0 Å². The summed E-state index contributed by atoms with van der Waals surface area (Å²) in [5, 5.41) is 17.6. The van der Waals surface area contributed by atoms with Crippen LogP contribution in [0.4, 0.5) is 0 Å². The molecule has 4 rings (SSSR count). The average Bonchev–Trinajstić information content (AvgIpc) is 3.10. The topological polar surface area (TPSA) is 58.9 Å². The Kier molecular flexibility index (Phi) is 3.27. The number of hydrogen-bond donors (Lipinski definition) is 0. The van der Waals surface area contributed by atoms with E-state index in [0.717, 1.165) is 29.1 Å². The number of fused-ring (bicyclic) bond motifs is 3. The third-order valence-electron chi connectivity index (χ3n) is 4.98. The molecule has 3 aromatic heterocycles. The minimum absolute atomic E-state index is 0.316. The van der Waals surface area contributed by atoms with Gasteiger partial charge in [0.25, 0.3) is 0 Å². The molecule has 1 aliphatic carbocycles. The Morgan fingerprint density at radius 1 is 1.21 bits per heavy atom. The van der Waals surface area contributed by atoms with E-state index >= 15 is 0 Å². The van der Waals surface area contributed by atoms with E-state index in [9.17, 15) is 5.26 Å². The minimum Gasteiger partial charge on any atom is -0.343 e. The fourth-order valence-electron chi connectivity index (χ4n) is 3.55. The third kappa shape index (κ3) is 2.15. The van der Waals surface area contributed by atoms with Crippen LogP contribution in [-0.4, -0.2) is 19.2 Å². The maximum absolute atomic E-state index is 9.18. The molecule has 0 aromatic carbocycles. The first kappa shape index (κ1) is 14.7. The van der Waals surface area contributed by atoms with Gasteiger partial charge in [-0.1, -0.05) is 19.1 Å². The van der Waals surface area contributed by atoms with Crippen molar-refractivity contribution in [3.8, 4) is 6.07 Å². The molecule has 5 nitrogen and oxygen atoms in total. The van der Waals surface area contributed by atoms with Gasteiger partial charge in [-0.3, -0.25) is 4.40 Å². The number of allylic oxidation sites excluding steroid dienone is 4. The Bertz CT molecular complexity index is 1040. The maximum atomic E-state index is 9.18. The van der Waals surface area contributed by atoms with E-state index in [1.165, 1.54) is 11.2 Å². The van der Waals surface area contributed by atoms with Gasteiger partial charge in [-0.05, 0) is 44.0 Å². The summed E-state index contributed by atoms with van der Waals surface area (Å²) in [6.45, 7) is 7.17. The van der Waals surface area contributed by atoms with E-state index in [2.05, 4.69) is 63.4 Å². The molecule has 0 saturated carbocycles. The van der Waals surface area contributed by atoms with Crippen LogP contribution in [0.25, 0.3) is 16.7 Å². The van der Waals surface area contributed by atoms with Crippen LogP contribution in [0.3, 0.4) is 0 Å². The number of nitrogens with zero attached hydrogens (tertiary/aromatic N) is 5. The van der Waals surface area contributed by atoms with Crippen LogP contribution in [0.5, 0.6) is 0 Å². The second-order valence-corrected chi connectivity index (χ2v) is 6.56. The first-order valence-corrected chi connectivity index (χ1v) is 8.19. The third-order valence-corrected chi connectivity index (χ3v) is 4.98. The Labute approximate surface area is 140 Å². The van der Waals surface area contributed by atoms with Gasteiger partial charge in [-0.25, -0.2) is 0 Å². The van der Waals surface area contributed by atoms with Gasteiger partial charge in [0.1, 0.15) is 5.82 Å². The standard InChI is InChI=1S/C19H19N5/c1-12-4-5-15(10-20)9-16(12)11-23-13(2)8-18-17(23)6-7-19-22-21-14(3)24(18)19/h4-9,12,16H,11H2,1-3H3. The highest BCUT2D eigenvalue weighted by molar-refractivity contribution is 5.81. The Balaban J connectivity index is 1.83. The fraction of sp³-hybridized carbons (Fsp3) is 0.316. The lowest BCUT2D eigenvalue weighted by atomic mass is 9.87. The molecule has 2 atom stereocenters. The molecule has 2 unspecified atom stereocenters. The molecule has 3 heterocycles. The van der Waals surface area contributed by atoms with Crippen LogP contribution >= 0.6 is 0 Å². The van der Waals surface area contributed by atoms with Crippen molar-refractivity contribution in [2.75, 3.05) is 0 Å². The largest absolute Gasteiger partial charge is 0.343 e. The van der Waals surface area contributed by atoms with Gasteiger partial charge < -0.3 is 4.57 Å². The van der Waals surface area contributed by atoms with E-state index in [-0.39, 0.29) is 0 Å². The van der Waals surface area contributed by atoms with Crippen LogP contribution in [0.1, 0.15) is 18.4 Å². The number of aryl methyl sites for hydroxylation is 2. The fourth-order valence-corrected chi connectivity index (χ4v) is 3.55. The summed E-state index contributed by atoms with van der Waals surface area (Å²) in [7, 11) is 0. The first-order valence-electron chi connectivity index (χ1n) is 8.19. The number of hydrogen-bond acceptors (Lipinski definition) is 3. The predicted octanol–water partition coefficient (Wildman–Crippen LogP) is 3.57. The zero-order valence-corrected chi connectivity index (χ0v) is 14.1. The smallest absolute Gasteiger partial charge is 0.161 e. The monoisotopic (exact) mass is 317 g/mol. The highest BCUT2D eigenvalue weighted by Gasteiger charge is 2.20. The number of pyridine rings is 1. The molecule has 3 aromatic rings. The summed E-state index contributed by atoms with van der Waals surface area (Å²) in [6, 6.07) is 8.58. The van der Waals surface area contributed by atoms with Gasteiger partial charge in [-0.15, -0.1) is 10.2 Å². The number of aromatic nitrogens is 4. The van der Waals surface area contributed by atoms with E-state index in [1.807, 2.05) is 19.1 Å². The van der Waals surface area contributed by atoms with Crippen molar-refractivity contribution in [2.24, 2.45) is 11.8 Å². The lowest BCUT2D eigenvalue weighted by molar-refractivity contribution is 0.436. The van der Waals surface area contributed by atoms with Crippen molar-refractivity contribution >= 4 is 16.7 Å². The van der Waals surface area contributed by atoms with Crippen molar-refractivity contribution in [1.29, 1.82) is 5.26 Å². The van der Waals surface area contributed by atoms with Gasteiger partial charge in [0.05, 0.1) is 17.1 Å².